The van der Waals surface area contributed by atoms with Gasteiger partial charge in [0.25, 0.3) is 11.3 Å². The van der Waals surface area contributed by atoms with Crippen LogP contribution < -0.4 is 10.9 Å². The fourth-order valence-corrected chi connectivity index (χ4v) is 2.09. The Balaban J connectivity index is 1.61. The zero-order chi connectivity index (χ0) is 15.5. The van der Waals surface area contributed by atoms with E-state index >= 15 is 0 Å². The average molecular weight is 301 g/mol. The Labute approximate surface area is 124 Å². The Morgan fingerprint density at radius 3 is 3.05 bits per heavy atom. The summed E-state index contributed by atoms with van der Waals surface area (Å²) >= 11 is 0. The molecule has 0 aliphatic heterocycles. The lowest BCUT2D eigenvalue weighted by molar-refractivity contribution is -0.120. The molecule has 0 unspecified atom stereocenters. The van der Waals surface area contributed by atoms with E-state index in [9.17, 15) is 9.59 Å². The van der Waals surface area contributed by atoms with Gasteiger partial charge in [-0.05, 0) is 6.92 Å². The molecule has 0 saturated carbocycles. The highest BCUT2D eigenvalue weighted by molar-refractivity contribution is 5.77. The Morgan fingerprint density at radius 2 is 2.27 bits per heavy atom. The molecule has 0 spiro atoms. The summed E-state index contributed by atoms with van der Waals surface area (Å²) in [4.78, 5) is 38.8. The van der Waals surface area contributed by atoms with Crippen LogP contribution in [0, 0.1) is 6.92 Å². The van der Waals surface area contributed by atoms with Crippen LogP contribution in [0.3, 0.4) is 0 Å². The fraction of sp³-hybridized carbons (Fsp3) is 0.308. The standard InChI is InChI=1S/C13H15N7O2/c1-8-4-12(22)20-13(17-8)18-10(19-20)5-11(21)15-3-2-9-6-14-7-16-9/h4,6-7H,2-3,5H2,1H3,(H,14,16)(H,15,21)(H,17,18,19). The zero-order valence-corrected chi connectivity index (χ0v) is 12.0. The van der Waals surface area contributed by atoms with E-state index in [0.29, 0.717) is 24.5 Å². The van der Waals surface area contributed by atoms with Crippen LogP contribution >= 0.6 is 0 Å². The van der Waals surface area contributed by atoms with Crippen LogP contribution in [0.2, 0.25) is 0 Å². The van der Waals surface area contributed by atoms with E-state index in [2.05, 4.69) is 30.4 Å². The first kappa shape index (κ1) is 14.0. The number of rotatable bonds is 5. The number of nitrogens with zero attached hydrogens (tertiary/aromatic N) is 4. The predicted molar refractivity (Wildman–Crippen MR) is 77.4 cm³/mol. The number of amides is 1. The lowest BCUT2D eigenvalue weighted by Crippen LogP contribution is -2.27. The fourth-order valence-electron chi connectivity index (χ4n) is 2.09. The summed E-state index contributed by atoms with van der Waals surface area (Å²) in [6.07, 6.45) is 4.04. The molecule has 0 saturated heterocycles. The number of aryl methyl sites for hydroxylation is 1. The topological polar surface area (TPSA) is 121 Å². The molecule has 3 aromatic heterocycles. The van der Waals surface area contributed by atoms with Gasteiger partial charge in [0.1, 0.15) is 5.82 Å². The molecule has 114 valence electrons. The summed E-state index contributed by atoms with van der Waals surface area (Å²) in [6.45, 7) is 2.22. The van der Waals surface area contributed by atoms with E-state index in [-0.39, 0.29) is 23.7 Å². The Kier molecular flexibility index (Phi) is 3.69. The number of hydrogen-bond acceptors (Lipinski definition) is 5. The molecule has 0 aliphatic carbocycles. The van der Waals surface area contributed by atoms with Crippen LogP contribution in [0.25, 0.3) is 5.78 Å². The molecule has 0 bridgehead atoms. The molecule has 3 aromatic rings. The van der Waals surface area contributed by atoms with Gasteiger partial charge in [0.05, 0.1) is 12.7 Å². The molecule has 0 aromatic carbocycles. The second-order valence-corrected chi connectivity index (χ2v) is 4.90. The van der Waals surface area contributed by atoms with Crippen LogP contribution in [-0.4, -0.2) is 42.0 Å². The number of H-pyrrole nitrogens is 2. The van der Waals surface area contributed by atoms with Crippen molar-refractivity contribution in [2.24, 2.45) is 0 Å². The van der Waals surface area contributed by atoms with Crippen molar-refractivity contribution in [3.8, 4) is 0 Å². The summed E-state index contributed by atoms with van der Waals surface area (Å²) in [5.41, 5.74) is 1.29. The van der Waals surface area contributed by atoms with Gasteiger partial charge < -0.3 is 10.3 Å². The Bertz CT molecular complexity index is 847. The molecule has 0 aliphatic rings. The number of carbonyl (C=O) groups is 1. The van der Waals surface area contributed by atoms with Gasteiger partial charge in [0.2, 0.25) is 5.91 Å². The lowest BCUT2D eigenvalue weighted by Gasteiger charge is -2.02. The van der Waals surface area contributed by atoms with Crippen LogP contribution in [0.4, 0.5) is 0 Å². The third kappa shape index (κ3) is 3.03. The van der Waals surface area contributed by atoms with Crippen molar-refractivity contribution in [3.63, 3.8) is 0 Å². The summed E-state index contributed by atoms with van der Waals surface area (Å²) in [5, 5.41) is 5.56. The highest BCUT2D eigenvalue weighted by Crippen LogP contribution is 1.98. The first-order valence-corrected chi connectivity index (χ1v) is 6.81. The SMILES string of the molecule is Cc1cc(=O)n2[nH]c(CC(=O)NCCc3cnc[nH]3)nc2n1. The minimum Gasteiger partial charge on any atom is -0.355 e. The van der Waals surface area contributed by atoms with Gasteiger partial charge in [0, 0.05) is 36.6 Å². The maximum absolute atomic E-state index is 11.9. The van der Waals surface area contributed by atoms with E-state index in [1.54, 1.807) is 19.4 Å². The number of aromatic amines is 2. The van der Waals surface area contributed by atoms with E-state index < -0.39 is 0 Å². The first-order valence-electron chi connectivity index (χ1n) is 6.81. The van der Waals surface area contributed by atoms with Crippen molar-refractivity contribution in [2.75, 3.05) is 6.54 Å². The molecule has 0 fully saturated rings. The van der Waals surface area contributed by atoms with Gasteiger partial charge in [-0.3, -0.25) is 14.7 Å². The third-order valence-corrected chi connectivity index (χ3v) is 3.10. The van der Waals surface area contributed by atoms with Crippen LogP contribution in [0.15, 0.2) is 23.4 Å². The van der Waals surface area contributed by atoms with E-state index in [1.165, 1.54) is 10.6 Å². The maximum Gasteiger partial charge on any atom is 0.274 e. The van der Waals surface area contributed by atoms with Crippen molar-refractivity contribution in [1.29, 1.82) is 0 Å². The minimum atomic E-state index is -0.249. The summed E-state index contributed by atoms with van der Waals surface area (Å²) in [7, 11) is 0. The van der Waals surface area contributed by atoms with Gasteiger partial charge >= 0.3 is 0 Å². The molecular formula is C13H15N7O2. The van der Waals surface area contributed by atoms with E-state index in [1.807, 2.05) is 0 Å². The van der Waals surface area contributed by atoms with Crippen molar-refractivity contribution in [3.05, 3.63) is 46.2 Å². The predicted octanol–water partition coefficient (Wildman–Crippen LogP) is -0.649. The molecule has 9 nitrogen and oxygen atoms in total. The Morgan fingerprint density at radius 1 is 1.41 bits per heavy atom. The number of carbonyl (C=O) groups excluding carboxylic acids is 1. The van der Waals surface area contributed by atoms with E-state index in [0.717, 1.165) is 5.69 Å². The van der Waals surface area contributed by atoms with Crippen LogP contribution in [-0.2, 0) is 17.6 Å². The molecular weight excluding hydrogens is 286 g/mol. The lowest BCUT2D eigenvalue weighted by atomic mass is 10.3. The molecule has 1 amide bonds. The quantitative estimate of drug-likeness (QED) is 0.578. The summed E-state index contributed by atoms with van der Waals surface area (Å²) in [6, 6.07) is 1.40. The smallest absolute Gasteiger partial charge is 0.274 e. The average Bonchev–Trinajstić information content (AvgIpc) is 3.08. The highest BCUT2D eigenvalue weighted by Gasteiger charge is 2.10. The second kappa shape index (κ2) is 5.80. The summed E-state index contributed by atoms with van der Waals surface area (Å²) in [5.74, 6) is 0.489. The maximum atomic E-state index is 11.9. The molecule has 3 N–H and O–H groups in total. The van der Waals surface area contributed by atoms with Gasteiger partial charge in [0.15, 0.2) is 0 Å². The molecule has 3 heterocycles. The van der Waals surface area contributed by atoms with Crippen LogP contribution in [0.1, 0.15) is 17.2 Å². The molecule has 9 heteroatoms. The van der Waals surface area contributed by atoms with Gasteiger partial charge in [-0.1, -0.05) is 0 Å². The van der Waals surface area contributed by atoms with Crippen molar-refractivity contribution in [2.45, 2.75) is 19.8 Å². The Hall–Kier alpha value is -2.97. The van der Waals surface area contributed by atoms with Crippen LogP contribution in [0.5, 0.6) is 0 Å². The van der Waals surface area contributed by atoms with Crippen molar-refractivity contribution < 1.29 is 4.79 Å². The van der Waals surface area contributed by atoms with Gasteiger partial charge in [-0.25, -0.2) is 9.97 Å². The monoisotopic (exact) mass is 301 g/mol. The number of aromatic nitrogens is 6. The summed E-state index contributed by atoms with van der Waals surface area (Å²) < 4.78 is 1.22. The highest BCUT2D eigenvalue weighted by atomic mass is 16.1. The minimum absolute atomic E-state index is 0.0603. The van der Waals surface area contributed by atoms with E-state index in [4.69, 9.17) is 0 Å². The second-order valence-electron chi connectivity index (χ2n) is 4.90. The number of nitrogens with one attached hydrogen (secondary N) is 3. The largest absolute Gasteiger partial charge is 0.355 e. The van der Waals surface area contributed by atoms with Crippen molar-refractivity contribution >= 4 is 11.7 Å². The molecule has 3 rings (SSSR count). The van der Waals surface area contributed by atoms with Gasteiger partial charge in [-0.2, -0.15) is 9.50 Å². The zero-order valence-electron chi connectivity index (χ0n) is 12.0. The number of hydrogen-bond donors (Lipinski definition) is 3. The number of imidazole rings is 1. The first-order chi connectivity index (χ1) is 10.6. The normalized spacial score (nSPS) is 11.0. The number of fused-ring (bicyclic) bond motifs is 1. The van der Waals surface area contributed by atoms with Crippen molar-refractivity contribution in [1.82, 2.24) is 34.9 Å². The molecule has 0 radical (unpaired) electrons. The van der Waals surface area contributed by atoms with Gasteiger partial charge in [-0.15, -0.1) is 0 Å². The third-order valence-electron chi connectivity index (χ3n) is 3.10. The molecule has 22 heavy (non-hydrogen) atoms. The molecule has 0 atom stereocenters.